The van der Waals surface area contributed by atoms with Crippen molar-refractivity contribution in [2.45, 2.75) is 16.4 Å². The topological polar surface area (TPSA) is 71.5 Å². The van der Waals surface area contributed by atoms with Gasteiger partial charge in [-0.2, -0.15) is 0 Å². The van der Waals surface area contributed by atoms with E-state index in [1.54, 1.807) is 24.5 Å². The van der Waals surface area contributed by atoms with Gasteiger partial charge in [0.15, 0.2) is 14.7 Å². The van der Waals surface area contributed by atoms with Gasteiger partial charge in [-0.15, -0.1) is 11.3 Å². The minimum atomic E-state index is -1.53. The molecule has 0 radical (unpaired) electrons. The lowest BCUT2D eigenvalue weighted by Crippen LogP contribution is -2.08. The van der Waals surface area contributed by atoms with Gasteiger partial charge in [0.05, 0.1) is 12.5 Å². The van der Waals surface area contributed by atoms with Crippen molar-refractivity contribution in [2.75, 3.05) is 7.11 Å². The standard InChI is InChI=1S/C22H17NO4S2/c1-26-22(24)20-21(29(25)17-7-3-2-4-8-17)18-12-16(9-10-19(18)28-20)27-14-15-6-5-11-23-13-15/h2-13H,14H2,1H3. The van der Waals surface area contributed by atoms with E-state index in [4.69, 9.17) is 9.47 Å². The Morgan fingerprint density at radius 1 is 1.14 bits per heavy atom. The average Bonchev–Trinajstić information content (AvgIpc) is 3.16. The molecule has 1 atom stereocenters. The van der Waals surface area contributed by atoms with Crippen molar-refractivity contribution >= 4 is 38.6 Å². The summed E-state index contributed by atoms with van der Waals surface area (Å²) in [6, 6.07) is 18.4. The number of nitrogens with zero attached hydrogens (tertiary/aromatic N) is 1. The van der Waals surface area contributed by atoms with Gasteiger partial charge in [0, 0.05) is 33.8 Å². The van der Waals surface area contributed by atoms with Gasteiger partial charge in [-0.05, 0) is 36.4 Å². The molecule has 0 N–H and O–H groups in total. The summed E-state index contributed by atoms with van der Waals surface area (Å²) in [4.78, 5) is 17.9. The largest absolute Gasteiger partial charge is 0.606 e. The monoisotopic (exact) mass is 423 g/mol. The fourth-order valence-corrected chi connectivity index (χ4v) is 5.54. The first-order valence-corrected chi connectivity index (χ1v) is 10.8. The molecular weight excluding hydrogens is 406 g/mol. The number of esters is 1. The molecule has 0 spiro atoms. The van der Waals surface area contributed by atoms with Gasteiger partial charge < -0.3 is 14.0 Å². The highest BCUT2D eigenvalue weighted by atomic mass is 32.2. The first kappa shape index (κ1) is 19.4. The van der Waals surface area contributed by atoms with Crippen LogP contribution in [0, 0.1) is 0 Å². The normalized spacial score (nSPS) is 11.9. The van der Waals surface area contributed by atoms with Crippen molar-refractivity contribution < 1.29 is 18.8 Å². The van der Waals surface area contributed by atoms with Gasteiger partial charge in [-0.1, -0.05) is 24.3 Å². The van der Waals surface area contributed by atoms with Crippen LogP contribution >= 0.6 is 11.3 Å². The number of ether oxygens (including phenoxy) is 2. The van der Waals surface area contributed by atoms with Crippen LogP contribution in [0.5, 0.6) is 5.75 Å². The van der Waals surface area contributed by atoms with Crippen LogP contribution < -0.4 is 4.74 Å². The molecular formula is C22H17NO4S2. The zero-order valence-electron chi connectivity index (χ0n) is 15.5. The third-order valence-corrected chi connectivity index (χ3v) is 7.03. The van der Waals surface area contributed by atoms with Crippen molar-refractivity contribution in [3.63, 3.8) is 0 Å². The summed E-state index contributed by atoms with van der Waals surface area (Å²) in [7, 11) is 1.32. The fraction of sp³-hybridized carbons (Fsp3) is 0.0909. The lowest BCUT2D eigenvalue weighted by atomic mass is 10.2. The van der Waals surface area contributed by atoms with Gasteiger partial charge in [0.25, 0.3) is 0 Å². The van der Waals surface area contributed by atoms with Crippen LogP contribution in [0.2, 0.25) is 0 Å². The Labute approximate surface area is 175 Å². The summed E-state index contributed by atoms with van der Waals surface area (Å²) in [6.45, 7) is 0.366. The zero-order valence-corrected chi connectivity index (χ0v) is 17.2. The zero-order chi connectivity index (χ0) is 20.2. The molecule has 2 heterocycles. The van der Waals surface area contributed by atoms with E-state index in [-0.39, 0.29) is 0 Å². The fourth-order valence-electron chi connectivity index (χ4n) is 2.87. The highest BCUT2D eigenvalue weighted by Gasteiger charge is 2.30. The second-order valence-corrected chi connectivity index (χ2v) is 8.61. The lowest BCUT2D eigenvalue weighted by Gasteiger charge is -2.11. The number of carbonyl (C=O) groups is 1. The molecule has 0 saturated heterocycles. The van der Waals surface area contributed by atoms with E-state index in [0.29, 0.717) is 27.0 Å². The maximum Gasteiger partial charge on any atom is 0.353 e. The summed E-state index contributed by atoms with van der Waals surface area (Å²) in [5.41, 5.74) is 0.946. The van der Waals surface area contributed by atoms with Crippen molar-refractivity contribution in [1.29, 1.82) is 0 Å². The third kappa shape index (κ3) is 4.12. The summed E-state index contributed by atoms with van der Waals surface area (Å²) >= 11 is -0.259. The van der Waals surface area contributed by atoms with Crippen LogP contribution in [-0.2, 0) is 22.5 Å². The van der Waals surface area contributed by atoms with Crippen molar-refractivity contribution in [3.05, 3.63) is 83.5 Å². The number of thiophene rings is 1. The summed E-state index contributed by atoms with van der Waals surface area (Å²) in [5.74, 6) is 0.130. The lowest BCUT2D eigenvalue weighted by molar-refractivity contribution is 0.0602. The Kier molecular flexibility index (Phi) is 5.80. The number of carbonyl (C=O) groups excluding carboxylic acids is 1. The highest BCUT2D eigenvalue weighted by Crippen LogP contribution is 2.39. The molecule has 146 valence electrons. The molecule has 1 unspecified atom stereocenters. The molecule has 0 aliphatic heterocycles. The van der Waals surface area contributed by atoms with Gasteiger partial charge in [0.1, 0.15) is 12.4 Å². The van der Waals surface area contributed by atoms with Crippen LogP contribution in [-0.4, -0.2) is 22.6 Å². The number of methoxy groups -OCH3 is 1. The number of hydrogen-bond donors (Lipinski definition) is 0. The van der Waals surface area contributed by atoms with Crippen LogP contribution in [0.25, 0.3) is 10.1 Å². The summed E-state index contributed by atoms with van der Waals surface area (Å²) < 4.78 is 25.0. The van der Waals surface area contributed by atoms with Crippen molar-refractivity contribution in [1.82, 2.24) is 4.98 Å². The molecule has 4 aromatic rings. The maximum absolute atomic E-state index is 13.3. The first-order chi connectivity index (χ1) is 14.2. The van der Waals surface area contributed by atoms with E-state index in [1.165, 1.54) is 18.4 Å². The second-order valence-electron chi connectivity index (χ2n) is 6.14. The number of pyridine rings is 1. The van der Waals surface area contributed by atoms with E-state index >= 15 is 0 Å². The first-order valence-electron chi connectivity index (χ1n) is 8.81. The predicted molar refractivity (Wildman–Crippen MR) is 113 cm³/mol. The molecule has 2 aromatic carbocycles. The summed E-state index contributed by atoms with van der Waals surface area (Å²) in [5, 5.41) is 0.723. The third-order valence-electron chi connectivity index (χ3n) is 4.26. The van der Waals surface area contributed by atoms with E-state index in [2.05, 4.69) is 4.98 Å². The van der Waals surface area contributed by atoms with Crippen LogP contribution in [0.15, 0.2) is 82.8 Å². The maximum atomic E-state index is 13.3. The SMILES string of the molecule is COC(=O)c1sc2ccc(OCc3cccnc3)cc2c1[S+]([O-])c1ccccc1. The van der Waals surface area contributed by atoms with E-state index < -0.39 is 17.1 Å². The molecule has 0 bridgehead atoms. The molecule has 0 fully saturated rings. The van der Waals surface area contributed by atoms with Gasteiger partial charge in [-0.3, -0.25) is 4.98 Å². The quantitative estimate of drug-likeness (QED) is 0.328. The molecule has 0 amide bonds. The van der Waals surface area contributed by atoms with Gasteiger partial charge in [-0.25, -0.2) is 4.79 Å². The molecule has 4 rings (SSSR count). The molecule has 29 heavy (non-hydrogen) atoms. The number of rotatable bonds is 6. The Morgan fingerprint density at radius 3 is 2.69 bits per heavy atom. The van der Waals surface area contributed by atoms with Crippen LogP contribution in [0.1, 0.15) is 15.2 Å². The Morgan fingerprint density at radius 2 is 1.97 bits per heavy atom. The van der Waals surface area contributed by atoms with Gasteiger partial charge >= 0.3 is 5.97 Å². The minimum Gasteiger partial charge on any atom is -0.606 e. The minimum absolute atomic E-state index is 0.342. The van der Waals surface area contributed by atoms with Crippen molar-refractivity contribution in [2.24, 2.45) is 0 Å². The summed E-state index contributed by atoms with van der Waals surface area (Å²) in [6.07, 6.45) is 3.45. The number of hydrogen-bond acceptors (Lipinski definition) is 6. The van der Waals surface area contributed by atoms with Crippen LogP contribution in [0.4, 0.5) is 0 Å². The van der Waals surface area contributed by atoms with Gasteiger partial charge in [0.2, 0.25) is 0 Å². The second kappa shape index (κ2) is 8.65. The Hall–Kier alpha value is -2.87. The smallest absolute Gasteiger partial charge is 0.353 e. The van der Waals surface area contributed by atoms with E-state index in [9.17, 15) is 9.35 Å². The molecule has 5 nitrogen and oxygen atoms in total. The number of aromatic nitrogens is 1. The van der Waals surface area contributed by atoms with Crippen LogP contribution in [0.3, 0.4) is 0 Å². The molecule has 0 aliphatic rings. The van der Waals surface area contributed by atoms with E-state index in [0.717, 1.165) is 15.6 Å². The molecule has 0 saturated carbocycles. The molecule has 2 aromatic heterocycles. The Bertz CT molecular complexity index is 1130. The molecule has 7 heteroatoms. The number of fused-ring (bicyclic) bond motifs is 1. The molecule has 0 aliphatic carbocycles. The highest BCUT2D eigenvalue weighted by molar-refractivity contribution is 7.92. The average molecular weight is 424 g/mol. The Balaban J connectivity index is 1.75. The van der Waals surface area contributed by atoms with E-state index in [1.807, 2.05) is 48.5 Å². The predicted octanol–water partition coefficient (Wildman–Crippen LogP) is 4.83. The number of benzene rings is 2. The van der Waals surface area contributed by atoms with Crippen molar-refractivity contribution in [3.8, 4) is 5.75 Å².